The number of carbonyl (C=O) groups is 4. The third kappa shape index (κ3) is 118. The van der Waals surface area contributed by atoms with Gasteiger partial charge in [-0.3, -0.25) is 10.6 Å². The standard InChI is InChI=1S/C8H19NO3Si.C7H17NO3Si.C6H15NO2Si.C5H14OSi.CHNO.CH4O.CH2O.2CH4.Na/c1-11-7-9-8(10)12-5-6-13(2,3)4;1-12(2,3)5-4-11-7(10)8-6-9;1-10(2,3)5-4-9-6(7)8;1-7(2,3)5-4-6;2-1-3;2*1-2;;;/h5-7H2,1-4H3,(H,9,10);9H,4-6H2,1-3H3,(H,8,10);4-5H2,1-3H3,(H2,7,8);6H,4-5H2,1-3H3;3H;2H,1H3;1H2;2*1H4;/q;;;;;;;;;+1/p-1. The summed E-state index contributed by atoms with van der Waals surface area (Å²) in [4.78, 5) is 39.6. The van der Waals surface area contributed by atoms with Gasteiger partial charge in [0.1, 0.15) is 20.3 Å². The number of nitrogens with zero attached hydrogens (tertiary/aromatic N) is 1. The first-order chi connectivity index (χ1) is 22.3. The number of rotatable bonds is 14. The Kier molecular flexibility index (Phi) is 71.8. The molecule has 0 aromatic rings. The van der Waals surface area contributed by atoms with E-state index in [9.17, 15) is 14.4 Å². The van der Waals surface area contributed by atoms with Gasteiger partial charge in [0, 0.05) is 59.4 Å². The summed E-state index contributed by atoms with van der Waals surface area (Å²) in [6, 6.07) is 3.96. The van der Waals surface area contributed by atoms with E-state index < -0.39 is 50.6 Å². The van der Waals surface area contributed by atoms with Gasteiger partial charge in [0.25, 0.3) is 0 Å². The second-order valence-electron chi connectivity index (χ2n) is 14.4. The van der Waals surface area contributed by atoms with Crippen molar-refractivity contribution in [3.05, 3.63) is 0 Å². The van der Waals surface area contributed by atoms with Crippen LogP contribution in [0.15, 0.2) is 0 Å². The van der Waals surface area contributed by atoms with Crippen molar-refractivity contribution < 1.29 is 88.1 Å². The molecule has 0 heterocycles. The maximum absolute atomic E-state index is 10.9. The summed E-state index contributed by atoms with van der Waals surface area (Å²) in [5.41, 5.74) is 4.78. The van der Waals surface area contributed by atoms with E-state index in [-0.39, 0.29) is 57.9 Å². The largest absolute Gasteiger partial charge is 1.00 e. The number of nitrogens with one attached hydrogen (secondary N) is 2. The molecule has 0 aliphatic rings. The van der Waals surface area contributed by atoms with Gasteiger partial charge >= 0.3 is 47.8 Å². The van der Waals surface area contributed by atoms with Crippen molar-refractivity contribution in [2.45, 2.75) is 118 Å². The molecule has 0 unspecified atom stereocenters. The van der Waals surface area contributed by atoms with Crippen LogP contribution in [0.4, 0.5) is 14.4 Å². The monoisotopic (exact) mass is 834 g/mol. The second-order valence-corrected chi connectivity index (χ2v) is 36.9. The van der Waals surface area contributed by atoms with Gasteiger partial charge in [-0.15, -0.1) is 0 Å². The predicted molar refractivity (Wildman–Crippen MR) is 218 cm³/mol. The SMILES string of the molecule is C.C.C=O.CO.COCNC(=O)OCC[Si](C)(C)C.C[Si](C)(C)CCO.C[Si](C)(C)CCOC(=O)NCO.C[Si](C)(C)CCOC(N)=O.N#C[O-].[Na+]. The van der Waals surface area contributed by atoms with Gasteiger partial charge in [0.2, 0.25) is 0 Å². The fraction of sp³-hybridized carbons (Fsp3) is 0.839. The van der Waals surface area contributed by atoms with Crippen molar-refractivity contribution in [3.63, 3.8) is 0 Å². The number of nitriles is 1. The minimum Gasteiger partial charge on any atom is -0.812 e. The maximum atomic E-state index is 10.9. The van der Waals surface area contributed by atoms with Gasteiger partial charge in [0.15, 0.2) is 0 Å². The van der Waals surface area contributed by atoms with Crippen LogP contribution in [0.2, 0.25) is 103 Å². The van der Waals surface area contributed by atoms with Gasteiger partial charge in [-0.2, -0.15) is 0 Å². The number of hydrogen-bond donors (Lipinski definition) is 6. The fourth-order valence-corrected chi connectivity index (χ4v) is 4.80. The number of nitrogens with two attached hydrogens (primary N) is 1. The van der Waals surface area contributed by atoms with E-state index in [0.29, 0.717) is 32.7 Å². The molecule has 0 rings (SSSR count). The Morgan fingerprint density at radius 2 is 0.962 bits per heavy atom. The zero-order valence-electron chi connectivity index (χ0n) is 33.8. The van der Waals surface area contributed by atoms with Crippen molar-refractivity contribution in [2.75, 3.05) is 54.1 Å². The zero-order chi connectivity index (χ0) is 40.8. The van der Waals surface area contributed by atoms with Gasteiger partial charge in [-0.25, -0.2) is 19.6 Å². The fourth-order valence-electron chi connectivity index (χ4n) is 1.99. The Labute approximate surface area is 343 Å². The molecule has 16 nitrogen and oxygen atoms in total. The van der Waals surface area contributed by atoms with Crippen LogP contribution in [0.25, 0.3) is 0 Å². The average molecular weight is 835 g/mol. The van der Waals surface area contributed by atoms with E-state index in [4.69, 9.17) is 45.7 Å². The van der Waals surface area contributed by atoms with E-state index in [1.807, 2.05) is 6.79 Å². The normalized spacial score (nSPS) is 9.38. The summed E-state index contributed by atoms with van der Waals surface area (Å²) in [7, 11) is -1.65. The molecular formula is C31H79N4NaO12Si4. The third-order valence-electron chi connectivity index (χ3n) is 4.71. The van der Waals surface area contributed by atoms with E-state index in [2.05, 4.69) is 98.7 Å². The molecule has 0 radical (unpaired) electrons. The Hall–Kier alpha value is -1.52. The molecule has 0 aromatic heterocycles. The van der Waals surface area contributed by atoms with Crippen molar-refractivity contribution in [1.29, 1.82) is 5.26 Å². The first-order valence-electron chi connectivity index (χ1n) is 15.5. The van der Waals surface area contributed by atoms with Crippen LogP contribution in [0.3, 0.4) is 0 Å². The first kappa shape index (κ1) is 75.4. The number of aliphatic hydroxyl groups excluding tert-OH is 3. The molecule has 0 spiro atoms. The predicted octanol–water partition coefficient (Wildman–Crippen LogP) is 1.92. The van der Waals surface area contributed by atoms with Gasteiger partial charge < -0.3 is 49.9 Å². The Bertz CT molecular complexity index is 807. The van der Waals surface area contributed by atoms with Crippen molar-refractivity contribution >= 4 is 57.4 Å². The second kappa shape index (κ2) is 49.5. The van der Waals surface area contributed by atoms with E-state index in [0.717, 1.165) is 31.3 Å². The number of alkyl carbamates (subject to hydrolysis) is 2. The quantitative estimate of drug-likeness (QED) is 0.0633. The van der Waals surface area contributed by atoms with Gasteiger partial charge in [0.05, 0.1) is 19.8 Å². The van der Waals surface area contributed by atoms with Crippen LogP contribution >= 0.6 is 0 Å². The number of primary amides is 1. The van der Waals surface area contributed by atoms with E-state index >= 15 is 0 Å². The molecular weight excluding hydrogens is 756 g/mol. The third-order valence-corrected chi connectivity index (χ3v) is 11.5. The van der Waals surface area contributed by atoms with E-state index in [1.165, 1.54) is 7.11 Å². The number of methoxy groups -OCH3 is 1. The van der Waals surface area contributed by atoms with Crippen LogP contribution in [0.1, 0.15) is 14.9 Å². The number of hydrogen-bond acceptors (Lipinski definition) is 13. The van der Waals surface area contributed by atoms with Crippen LogP contribution < -0.4 is 51.0 Å². The molecule has 312 valence electrons. The molecule has 7 N–H and O–H groups in total. The van der Waals surface area contributed by atoms with Crippen LogP contribution in [0, 0.1) is 11.5 Å². The first-order valence-corrected chi connectivity index (χ1v) is 30.3. The molecule has 3 amide bonds. The molecule has 0 aromatic carbocycles. The number of carbonyl (C=O) groups excluding carboxylic acids is 4. The minimum atomic E-state index is -1.11. The molecule has 0 atom stereocenters. The molecule has 0 fully saturated rings. The summed E-state index contributed by atoms with van der Waals surface area (Å²) in [5.74, 6) is 0. The molecule has 52 heavy (non-hydrogen) atoms. The Balaban J connectivity index is -0.0000000531. The zero-order valence-corrected chi connectivity index (χ0v) is 39.8. The Morgan fingerprint density at radius 3 is 1.15 bits per heavy atom. The summed E-state index contributed by atoms with van der Waals surface area (Å²) >= 11 is 0. The number of amides is 3. The van der Waals surface area contributed by atoms with E-state index in [1.54, 1.807) is 0 Å². The Morgan fingerprint density at radius 1 is 0.692 bits per heavy atom. The van der Waals surface area contributed by atoms with Crippen molar-refractivity contribution in [1.82, 2.24) is 10.6 Å². The molecule has 0 bridgehead atoms. The van der Waals surface area contributed by atoms with Crippen LogP contribution in [-0.4, -0.2) is 127 Å². The summed E-state index contributed by atoms with van der Waals surface area (Å²) < 4.78 is 19.0. The summed E-state index contributed by atoms with van der Waals surface area (Å²) in [6.45, 7) is 30.4. The van der Waals surface area contributed by atoms with Gasteiger partial charge in [-0.1, -0.05) is 93.4 Å². The minimum absolute atomic E-state index is 0. The molecule has 0 aliphatic heterocycles. The molecule has 0 saturated heterocycles. The van der Waals surface area contributed by atoms with Crippen molar-refractivity contribution in [2.24, 2.45) is 5.73 Å². The average Bonchev–Trinajstić information content (AvgIpc) is 2.93. The van der Waals surface area contributed by atoms with Gasteiger partial charge in [-0.05, 0) is 24.2 Å². The summed E-state index contributed by atoms with van der Waals surface area (Å²) in [6.07, 6.45) is -1.12. The smallest absolute Gasteiger partial charge is 0.812 e. The molecule has 21 heteroatoms. The number of ether oxygens (including phenoxy) is 4. The molecule has 0 aliphatic carbocycles. The maximum Gasteiger partial charge on any atom is 1.00 e. The topological polar surface area (TPSA) is 263 Å². The van der Waals surface area contributed by atoms with Crippen LogP contribution in [0.5, 0.6) is 0 Å². The van der Waals surface area contributed by atoms with Crippen LogP contribution in [-0.2, 0) is 23.7 Å². The number of aliphatic hydroxyl groups is 3. The summed E-state index contributed by atoms with van der Waals surface area (Å²) in [5, 5.41) is 43.3. The molecule has 0 saturated carbocycles. The van der Waals surface area contributed by atoms with Crippen molar-refractivity contribution in [3.8, 4) is 6.26 Å².